The molecular weight excluding hydrogens is 1590 g/mol. The second-order valence-corrected chi connectivity index (χ2v) is 35.9. The van der Waals surface area contributed by atoms with Gasteiger partial charge in [-0.3, -0.25) is 9.59 Å². The Morgan fingerprint density at radius 2 is 0.464 bits per heavy atom. The van der Waals surface area contributed by atoms with Gasteiger partial charge < -0.3 is 73.3 Å². The van der Waals surface area contributed by atoms with Gasteiger partial charge in [-0.2, -0.15) is 0 Å². The van der Waals surface area contributed by atoms with Gasteiger partial charge in [0.15, 0.2) is 0 Å². The lowest BCUT2D eigenvalue weighted by atomic mass is 10.2. The van der Waals surface area contributed by atoms with E-state index in [2.05, 4.69) is 229 Å². The number of rotatable bonds is 50. The first kappa shape index (κ1) is 112. The summed E-state index contributed by atoms with van der Waals surface area (Å²) in [5.41, 5.74) is 4.95. The molecule has 0 heterocycles. The third-order valence-corrected chi connectivity index (χ3v) is 23.8. The molecule has 0 aromatic heterocycles. The first-order valence-electron chi connectivity index (χ1n) is 44.8. The summed E-state index contributed by atoms with van der Waals surface area (Å²) in [5.74, 6) is 4.53. The number of aromatic hydroxyl groups is 7. The van der Waals surface area contributed by atoms with Gasteiger partial charge in [-0.15, -0.1) is 0 Å². The lowest BCUT2D eigenvalue weighted by Crippen LogP contribution is -2.50. The normalized spacial score (nSPS) is 11.7. The molecule has 6 aromatic rings. The number of phenolic OH excluding ortho intramolecular Hbond substituents is 7. The van der Waals surface area contributed by atoms with Crippen molar-refractivity contribution in [3.8, 4) is 86.2 Å². The first-order valence-corrected chi connectivity index (χ1v) is 47.0. The van der Waals surface area contributed by atoms with Crippen LogP contribution in [0.25, 0.3) is 0 Å². The van der Waals surface area contributed by atoms with Crippen molar-refractivity contribution in [2.24, 2.45) is 0 Å². The van der Waals surface area contributed by atoms with Crippen LogP contribution in [0, 0.1) is 20.8 Å². The van der Waals surface area contributed by atoms with E-state index in [0.717, 1.165) is 168 Å². The summed E-state index contributed by atoms with van der Waals surface area (Å²) < 4.78 is 45.0. The number of esters is 2. The molecule has 0 saturated carbocycles. The summed E-state index contributed by atoms with van der Waals surface area (Å²) in [5, 5.41) is 63.1. The van der Waals surface area contributed by atoms with E-state index in [1.54, 1.807) is 24.3 Å². The minimum Gasteiger partial charge on any atom is -0.543 e. The summed E-state index contributed by atoms with van der Waals surface area (Å²) >= 11 is 0. The quantitative estimate of drug-likeness (QED) is 0.00812. The van der Waals surface area contributed by atoms with Crippen LogP contribution in [0.2, 0.25) is 16.6 Å². The maximum Gasteiger partial charge on any atom is 0.311 e. The monoisotopic (exact) mass is 1740 g/mol. The van der Waals surface area contributed by atoms with Gasteiger partial charge >= 0.3 is 11.9 Å². The second-order valence-electron chi connectivity index (χ2n) is 30.5. The molecule has 686 valence electrons. The van der Waals surface area contributed by atoms with Crippen molar-refractivity contribution >= 4 is 20.3 Å². The Morgan fingerprint density at radius 3 is 0.744 bits per heavy atom. The van der Waals surface area contributed by atoms with Gasteiger partial charge in [-0.1, -0.05) is 236 Å². The number of allylic oxidation sites excluding steroid dienone is 24. The lowest BCUT2D eigenvalue weighted by molar-refractivity contribution is -0.135. The summed E-state index contributed by atoms with van der Waals surface area (Å²) in [6.45, 7) is 37.7. The molecule has 7 N–H and O–H groups in total. The lowest BCUT2D eigenvalue weighted by Gasteiger charge is -2.42. The van der Waals surface area contributed by atoms with Crippen molar-refractivity contribution in [2.45, 2.75) is 262 Å². The Bertz CT molecular complexity index is 3950. The van der Waals surface area contributed by atoms with Gasteiger partial charge in [0.05, 0.1) is 33.0 Å². The van der Waals surface area contributed by atoms with Gasteiger partial charge in [-0.25, -0.2) is 0 Å². The van der Waals surface area contributed by atoms with Crippen LogP contribution in [0.1, 0.15) is 242 Å². The number of ether oxygens (including phenoxy) is 7. The number of hydrogen-bond donors (Lipinski definition) is 7. The van der Waals surface area contributed by atoms with E-state index < -0.39 is 8.32 Å². The number of benzene rings is 6. The second kappa shape index (κ2) is 72.1. The van der Waals surface area contributed by atoms with Crippen molar-refractivity contribution in [1.29, 1.82) is 0 Å². The van der Waals surface area contributed by atoms with Gasteiger partial charge in [-0.05, 0) is 212 Å². The summed E-state index contributed by atoms with van der Waals surface area (Å²) in [6.07, 6.45) is 70.3. The molecule has 0 bridgehead atoms. The first-order chi connectivity index (χ1) is 60.2. The van der Waals surface area contributed by atoms with E-state index >= 15 is 0 Å². The molecule has 6 rings (SSSR count). The fourth-order valence-electron chi connectivity index (χ4n) is 12.2. The zero-order valence-corrected chi connectivity index (χ0v) is 79.1. The average molecular weight is 1740 g/mol. The van der Waals surface area contributed by atoms with Crippen LogP contribution in [-0.4, -0.2) is 89.0 Å². The van der Waals surface area contributed by atoms with Crippen molar-refractivity contribution in [3.63, 3.8) is 0 Å². The van der Waals surface area contributed by atoms with Crippen LogP contribution >= 0.6 is 0 Å². The Balaban J connectivity index is 0.000000801. The molecule has 0 fully saturated rings. The fourth-order valence-corrected chi connectivity index (χ4v) is 17.4. The van der Waals surface area contributed by atoms with Crippen LogP contribution in [0.5, 0.6) is 86.2 Å². The fraction of sp³-hybridized carbons (Fsp3) is 0.421. The molecule has 0 aliphatic heterocycles. The standard InChI is InChI=1S/C32H44O3.C31H42O4.C19H34O2Si.C10H14O2.C9H12O3.C6H6O3/c1-4-6-7-8-9-10-11-12-13-14-15-16-17-18-19-20-21-22-23-24-32(33)35-31-27-29(3)26-30(28-31)34-25-5-2;1-3-5-6-7-8-9-10-11-12-13-14-15-16-17-18-19-20-21-22-23-31(33)35-30-26-28(32)25-29(27-30)34-24-4-2;1-9-10-20-18-11-17(8)12-19(13-18)21-22(14(2)3,15(4)5)16(6)7;1-3-4-12-10-6-8(2)5-9(11)7-10;1-2-3-12-9-5-7(10)4-8(11)6-9;7-4-1-5(8)3-6(9)2-4/h6-7,9-10,12-13,15-16,18-19,21-22,26-28H,4-5,8,11,14,17,20,23-25H2,1-3H3;5-6,8-9,11-12,14-15,17-18,20-21,25-27,32H,3-4,7,10,13,16,19,22-24H2,1-2H3;11-16H,9-10H2,1-8H3;5-7,11H,3-4H2,1-2H3;4-6,10-11H,2-3H2,1H3;1-3,7-9H/b7-6-,10-9-,13-12-,16-15-,19-18-,22-21-;6-5-,9-8-,12-11-,15-14-,18-17-,21-20-;;;;. The van der Waals surface area contributed by atoms with E-state index in [1.807, 2.05) is 64.1 Å². The van der Waals surface area contributed by atoms with Gasteiger partial charge in [0, 0.05) is 85.6 Å². The Hall–Kier alpha value is -11.2. The third kappa shape index (κ3) is 58.5. The molecule has 17 nitrogen and oxygen atoms in total. The minimum absolute atomic E-state index is 0.0124. The molecule has 125 heavy (non-hydrogen) atoms. The van der Waals surface area contributed by atoms with E-state index in [0.29, 0.717) is 85.3 Å². The molecule has 0 amide bonds. The molecular formula is C107H152O17Si. The van der Waals surface area contributed by atoms with E-state index in [4.69, 9.17) is 63.1 Å². The van der Waals surface area contributed by atoms with Crippen LogP contribution in [0.4, 0.5) is 0 Å². The largest absolute Gasteiger partial charge is 0.543 e. The maximum atomic E-state index is 12.1. The Labute approximate surface area is 752 Å². The zero-order chi connectivity index (χ0) is 92.5. The minimum atomic E-state index is -1.90. The molecule has 0 saturated heterocycles. The molecule has 18 heteroatoms. The highest BCUT2D eigenvalue weighted by Crippen LogP contribution is 2.44. The average Bonchev–Trinajstić information content (AvgIpc) is 0.789. The molecule has 0 spiro atoms. The van der Waals surface area contributed by atoms with E-state index in [-0.39, 0.29) is 58.6 Å². The van der Waals surface area contributed by atoms with Gasteiger partial charge in [0.2, 0.25) is 0 Å². The number of phenols is 7. The summed E-state index contributed by atoms with van der Waals surface area (Å²) in [4.78, 5) is 24.1. The Morgan fingerprint density at radius 1 is 0.264 bits per heavy atom. The molecule has 0 aliphatic carbocycles. The summed E-state index contributed by atoms with van der Waals surface area (Å²) in [6, 6.07) is 29.3. The highest BCUT2D eigenvalue weighted by atomic mass is 28.4. The number of aryl methyl sites for hydroxylation is 3. The van der Waals surface area contributed by atoms with E-state index in [1.165, 1.54) is 35.9 Å². The predicted octanol–water partition coefficient (Wildman–Crippen LogP) is 29.2. The molecule has 6 aromatic carbocycles. The SMILES string of the molecule is CC/C=C\C/C=C\C/C=C\C/C=C\C/C=C\C/C=C\CCC(=O)Oc1cc(C)cc(OCCC)c1.CC/C=C\C/C=C\C/C=C\C/C=C\C/C=C\C/C=C\CCC(=O)Oc1cc(O)cc(OCCC)c1.CCCOc1cc(C)cc(O)c1.CCCOc1cc(C)cc(O[Si](C(C)C)(C(C)C)C(C)C)c1.CCCOc1cc(O)cc(O)c1.Oc1cc(O)cc(O)c1. The van der Waals surface area contributed by atoms with Gasteiger partial charge in [0.1, 0.15) is 86.2 Å². The molecule has 0 aliphatic rings. The Kier molecular flexibility index (Phi) is 64.5. The topological polar surface area (TPSA) is 250 Å². The number of carbonyl (C=O) groups is 2. The van der Waals surface area contributed by atoms with Crippen molar-refractivity contribution < 1.29 is 82.9 Å². The van der Waals surface area contributed by atoms with Crippen molar-refractivity contribution in [1.82, 2.24) is 0 Å². The smallest absolute Gasteiger partial charge is 0.311 e. The van der Waals surface area contributed by atoms with Crippen LogP contribution in [0.3, 0.4) is 0 Å². The zero-order valence-electron chi connectivity index (χ0n) is 78.1. The van der Waals surface area contributed by atoms with Crippen molar-refractivity contribution in [2.75, 3.05) is 33.0 Å². The van der Waals surface area contributed by atoms with Crippen LogP contribution in [-0.2, 0) is 9.59 Å². The van der Waals surface area contributed by atoms with Crippen LogP contribution in [0.15, 0.2) is 255 Å². The maximum absolute atomic E-state index is 12.1. The summed E-state index contributed by atoms with van der Waals surface area (Å²) in [7, 11) is -1.90. The number of carbonyl (C=O) groups excluding carboxylic acids is 2. The molecule has 0 atom stereocenters. The highest BCUT2D eigenvalue weighted by Gasteiger charge is 2.47. The number of hydrogen-bond acceptors (Lipinski definition) is 17. The highest BCUT2D eigenvalue weighted by molar-refractivity contribution is 6.78. The molecule has 0 unspecified atom stereocenters. The predicted molar refractivity (Wildman–Crippen MR) is 521 cm³/mol. The molecule has 0 radical (unpaired) electrons. The third-order valence-electron chi connectivity index (χ3n) is 17.8. The van der Waals surface area contributed by atoms with Crippen molar-refractivity contribution in [3.05, 3.63) is 272 Å². The van der Waals surface area contributed by atoms with E-state index in [9.17, 15) is 19.8 Å². The van der Waals surface area contributed by atoms with Gasteiger partial charge in [0.25, 0.3) is 8.32 Å². The van der Waals surface area contributed by atoms with Crippen LogP contribution < -0.4 is 37.6 Å².